The fourth-order valence-corrected chi connectivity index (χ4v) is 5.82. The largest absolute Gasteiger partial charge is 0.497 e. The summed E-state index contributed by atoms with van der Waals surface area (Å²) in [6.45, 7) is 7.73. The number of rotatable bonds is 13. The number of amides is 2. The van der Waals surface area contributed by atoms with Gasteiger partial charge in [0.2, 0.25) is 11.8 Å². The van der Waals surface area contributed by atoms with Crippen molar-refractivity contribution in [1.29, 1.82) is 0 Å². The first-order valence-corrected chi connectivity index (χ1v) is 15.3. The minimum Gasteiger partial charge on any atom is -0.497 e. The van der Waals surface area contributed by atoms with Crippen LogP contribution in [-0.4, -0.2) is 51.4 Å². The number of sulfonamides is 1. The third-order valence-corrected chi connectivity index (χ3v) is 8.60. The minimum absolute atomic E-state index is 0.00339. The molecule has 41 heavy (non-hydrogen) atoms. The van der Waals surface area contributed by atoms with Crippen LogP contribution in [0.15, 0.2) is 77.7 Å². The van der Waals surface area contributed by atoms with Gasteiger partial charge in [-0.25, -0.2) is 8.42 Å². The van der Waals surface area contributed by atoms with Crippen LogP contribution in [0.3, 0.4) is 0 Å². The Balaban J connectivity index is 2.05. The van der Waals surface area contributed by atoms with Crippen molar-refractivity contribution < 1.29 is 22.7 Å². The summed E-state index contributed by atoms with van der Waals surface area (Å²) in [7, 11) is -2.61. The van der Waals surface area contributed by atoms with Crippen LogP contribution < -0.4 is 14.4 Å². The van der Waals surface area contributed by atoms with Crippen molar-refractivity contribution in [2.24, 2.45) is 5.92 Å². The Morgan fingerprint density at radius 1 is 1.00 bits per heavy atom. The number of carbonyl (C=O) groups is 2. The molecule has 0 aliphatic heterocycles. The fourth-order valence-electron chi connectivity index (χ4n) is 4.28. The molecule has 10 heteroatoms. The van der Waals surface area contributed by atoms with Gasteiger partial charge in [-0.1, -0.05) is 62.2 Å². The van der Waals surface area contributed by atoms with Crippen molar-refractivity contribution in [3.8, 4) is 5.75 Å². The highest BCUT2D eigenvalue weighted by molar-refractivity contribution is 7.92. The molecule has 0 fully saturated rings. The molecule has 0 bridgehead atoms. The minimum atomic E-state index is -4.16. The summed E-state index contributed by atoms with van der Waals surface area (Å²) in [5.41, 5.74) is 2.02. The normalized spacial score (nSPS) is 12.1. The number of aryl methyl sites for hydroxylation is 1. The third-order valence-electron chi connectivity index (χ3n) is 6.56. The Labute approximate surface area is 248 Å². The first kappa shape index (κ1) is 32.0. The van der Waals surface area contributed by atoms with Gasteiger partial charge in [0.15, 0.2) is 0 Å². The number of benzene rings is 3. The second-order valence-corrected chi connectivity index (χ2v) is 12.5. The number of ether oxygens (including phenoxy) is 1. The molecule has 0 heterocycles. The van der Waals surface area contributed by atoms with Crippen LogP contribution in [0.4, 0.5) is 5.69 Å². The molecule has 3 rings (SSSR count). The molecule has 3 aromatic carbocycles. The van der Waals surface area contributed by atoms with E-state index < -0.39 is 28.5 Å². The molecule has 0 aliphatic rings. The lowest BCUT2D eigenvalue weighted by Crippen LogP contribution is -2.52. The Bertz CT molecular complexity index is 1430. The third kappa shape index (κ3) is 8.47. The summed E-state index contributed by atoms with van der Waals surface area (Å²) < 4.78 is 34.2. The maximum Gasteiger partial charge on any atom is 0.264 e. The van der Waals surface area contributed by atoms with Crippen LogP contribution >= 0.6 is 11.6 Å². The molecule has 0 saturated heterocycles. The van der Waals surface area contributed by atoms with Gasteiger partial charge in [0.1, 0.15) is 18.3 Å². The second kappa shape index (κ2) is 14.4. The first-order chi connectivity index (χ1) is 19.5. The number of hydrogen-bond donors (Lipinski definition) is 1. The molecule has 1 atom stereocenters. The predicted octanol–water partition coefficient (Wildman–Crippen LogP) is 5.43. The average molecular weight is 600 g/mol. The zero-order chi connectivity index (χ0) is 30.2. The van der Waals surface area contributed by atoms with E-state index in [1.807, 2.05) is 33.8 Å². The molecule has 3 aromatic rings. The number of carbonyl (C=O) groups excluding carboxylic acids is 2. The van der Waals surface area contributed by atoms with Gasteiger partial charge in [-0.15, -0.1) is 0 Å². The smallest absolute Gasteiger partial charge is 0.264 e. The lowest BCUT2D eigenvalue weighted by atomic mass is 10.1. The first-order valence-electron chi connectivity index (χ1n) is 13.5. The SMILES string of the molecule is CC[C@@H](C(=O)NCC(C)C)N(Cc1cccc(OC)c1)C(=O)CN(c1ccc(C)cc1)S(=O)(=O)c1ccc(Cl)cc1. The van der Waals surface area contributed by atoms with Crippen LogP contribution in [0.5, 0.6) is 5.75 Å². The molecule has 1 N–H and O–H groups in total. The number of nitrogens with one attached hydrogen (secondary N) is 1. The van der Waals surface area contributed by atoms with Crippen molar-refractivity contribution in [2.75, 3.05) is 24.5 Å². The van der Waals surface area contributed by atoms with Crippen molar-refractivity contribution in [2.45, 2.75) is 51.6 Å². The highest BCUT2D eigenvalue weighted by Gasteiger charge is 2.33. The zero-order valence-corrected chi connectivity index (χ0v) is 25.7. The monoisotopic (exact) mass is 599 g/mol. The summed E-state index contributed by atoms with van der Waals surface area (Å²) in [5.74, 6) is 0.0247. The van der Waals surface area contributed by atoms with Crippen LogP contribution in [0.25, 0.3) is 0 Å². The topological polar surface area (TPSA) is 96.0 Å². The molecule has 0 aromatic heterocycles. The fraction of sp³-hybridized carbons (Fsp3) is 0.355. The molecule has 0 unspecified atom stereocenters. The lowest BCUT2D eigenvalue weighted by molar-refractivity contribution is -0.140. The number of hydrogen-bond acceptors (Lipinski definition) is 5. The van der Waals surface area contributed by atoms with Gasteiger partial charge in [0, 0.05) is 18.1 Å². The van der Waals surface area contributed by atoms with Gasteiger partial charge in [-0.3, -0.25) is 13.9 Å². The van der Waals surface area contributed by atoms with E-state index in [0.29, 0.717) is 29.4 Å². The molecule has 2 amide bonds. The van der Waals surface area contributed by atoms with Gasteiger partial charge >= 0.3 is 0 Å². The Morgan fingerprint density at radius 3 is 2.24 bits per heavy atom. The van der Waals surface area contributed by atoms with Crippen LogP contribution in [-0.2, 0) is 26.2 Å². The van der Waals surface area contributed by atoms with Gasteiger partial charge in [-0.05, 0) is 73.4 Å². The Morgan fingerprint density at radius 2 is 1.66 bits per heavy atom. The maximum absolute atomic E-state index is 14.1. The van der Waals surface area contributed by atoms with E-state index in [-0.39, 0.29) is 23.3 Å². The average Bonchev–Trinajstić information content (AvgIpc) is 2.95. The molecule has 8 nitrogen and oxygen atoms in total. The van der Waals surface area contributed by atoms with E-state index in [2.05, 4.69) is 5.32 Å². The summed E-state index contributed by atoms with van der Waals surface area (Å²) >= 11 is 6.01. The van der Waals surface area contributed by atoms with Crippen molar-refractivity contribution in [1.82, 2.24) is 10.2 Å². The van der Waals surface area contributed by atoms with Crippen LogP contribution in [0, 0.1) is 12.8 Å². The second-order valence-electron chi connectivity index (χ2n) is 10.2. The highest BCUT2D eigenvalue weighted by Crippen LogP contribution is 2.26. The maximum atomic E-state index is 14.1. The zero-order valence-electron chi connectivity index (χ0n) is 24.1. The lowest BCUT2D eigenvalue weighted by Gasteiger charge is -2.33. The quantitative estimate of drug-likeness (QED) is 0.283. The summed E-state index contributed by atoms with van der Waals surface area (Å²) in [5, 5.41) is 3.32. The molecular weight excluding hydrogens is 562 g/mol. The van der Waals surface area contributed by atoms with E-state index in [1.54, 1.807) is 49.6 Å². The van der Waals surface area contributed by atoms with Crippen LogP contribution in [0.2, 0.25) is 5.02 Å². The van der Waals surface area contributed by atoms with Gasteiger partial charge < -0.3 is 15.0 Å². The summed E-state index contributed by atoms with van der Waals surface area (Å²) in [4.78, 5) is 28.9. The van der Waals surface area contributed by atoms with Gasteiger partial charge in [0.05, 0.1) is 17.7 Å². The Kier molecular flexibility index (Phi) is 11.2. The molecule has 0 aliphatic carbocycles. The Hall–Kier alpha value is -3.56. The van der Waals surface area contributed by atoms with Crippen molar-refractivity contribution >= 4 is 39.1 Å². The molecule has 0 radical (unpaired) electrons. The molecule has 0 saturated carbocycles. The van der Waals surface area contributed by atoms with Crippen molar-refractivity contribution in [3.63, 3.8) is 0 Å². The summed E-state index contributed by atoms with van der Waals surface area (Å²) in [6.07, 6.45) is 0.341. The molecule has 0 spiro atoms. The van der Waals surface area contributed by atoms with E-state index in [9.17, 15) is 18.0 Å². The molecule has 220 valence electrons. The predicted molar refractivity (Wildman–Crippen MR) is 163 cm³/mol. The van der Waals surface area contributed by atoms with Crippen LogP contribution in [0.1, 0.15) is 38.3 Å². The number of nitrogens with zero attached hydrogens (tertiary/aromatic N) is 2. The van der Waals surface area contributed by atoms with Gasteiger partial charge in [0.25, 0.3) is 10.0 Å². The van der Waals surface area contributed by atoms with E-state index in [1.165, 1.54) is 29.2 Å². The molecular formula is C31H38ClN3O5S. The highest BCUT2D eigenvalue weighted by atomic mass is 35.5. The number of anilines is 1. The van der Waals surface area contributed by atoms with E-state index >= 15 is 0 Å². The van der Waals surface area contributed by atoms with E-state index in [4.69, 9.17) is 16.3 Å². The standard InChI is InChI=1S/C31H38ClN3O5S/c1-6-29(31(37)33-19-22(2)3)34(20-24-8-7-9-27(18-24)40-5)30(36)21-35(26-14-10-23(4)11-15-26)41(38,39)28-16-12-25(32)13-17-28/h7-18,22,29H,6,19-21H2,1-5H3,(H,33,37)/t29-/m0/s1. The van der Waals surface area contributed by atoms with Crippen molar-refractivity contribution in [3.05, 3.63) is 88.9 Å². The van der Waals surface area contributed by atoms with E-state index in [0.717, 1.165) is 15.4 Å². The number of methoxy groups -OCH3 is 1. The number of halogens is 1. The van der Waals surface area contributed by atoms with Gasteiger partial charge in [-0.2, -0.15) is 0 Å². The summed E-state index contributed by atoms with van der Waals surface area (Å²) in [6, 6.07) is 19.1.